The van der Waals surface area contributed by atoms with Gasteiger partial charge in [0.15, 0.2) is 0 Å². The molecule has 0 radical (unpaired) electrons. The van der Waals surface area contributed by atoms with Gasteiger partial charge < -0.3 is 10.6 Å². The normalized spacial score (nSPS) is 15.4. The zero-order chi connectivity index (χ0) is 12.1. The van der Waals surface area contributed by atoms with E-state index < -0.39 is 0 Å². The van der Waals surface area contributed by atoms with Crippen LogP contribution in [0.2, 0.25) is 0 Å². The fourth-order valence-electron chi connectivity index (χ4n) is 1.83. The van der Waals surface area contributed by atoms with Gasteiger partial charge >= 0.3 is 0 Å². The van der Waals surface area contributed by atoms with Crippen molar-refractivity contribution >= 4 is 27.5 Å². The van der Waals surface area contributed by atoms with Crippen LogP contribution in [0.5, 0.6) is 0 Å². The van der Waals surface area contributed by atoms with Crippen LogP contribution in [0, 0.1) is 5.92 Å². The van der Waals surface area contributed by atoms with E-state index in [1.807, 2.05) is 24.3 Å². The van der Waals surface area contributed by atoms with Crippen molar-refractivity contribution in [1.29, 1.82) is 0 Å². The van der Waals surface area contributed by atoms with E-state index >= 15 is 0 Å². The molecule has 0 saturated heterocycles. The summed E-state index contributed by atoms with van der Waals surface area (Å²) < 4.78 is 1.01. The molecule has 4 heteroatoms. The van der Waals surface area contributed by atoms with E-state index in [4.69, 9.17) is 0 Å². The first-order valence-corrected chi connectivity index (χ1v) is 6.79. The van der Waals surface area contributed by atoms with Gasteiger partial charge in [-0.3, -0.25) is 4.79 Å². The summed E-state index contributed by atoms with van der Waals surface area (Å²) >= 11 is 3.36. The third-order valence-corrected chi connectivity index (χ3v) is 3.60. The average molecular weight is 297 g/mol. The fourth-order valence-corrected chi connectivity index (χ4v) is 2.09. The van der Waals surface area contributed by atoms with Crippen LogP contribution in [0.4, 0.5) is 5.69 Å². The lowest BCUT2D eigenvalue weighted by atomic mass is 9.85. The Hall–Kier alpha value is -0.870. The van der Waals surface area contributed by atoms with E-state index in [1.165, 1.54) is 19.3 Å². The number of nitrogens with one attached hydrogen (secondary N) is 2. The summed E-state index contributed by atoms with van der Waals surface area (Å²) in [5, 5.41) is 6.05. The second-order valence-corrected chi connectivity index (χ2v) is 5.40. The van der Waals surface area contributed by atoms with Crippen molar-refractivity contribution in [3.05, 3.63) is 28.7 Å². The molecule has 0 aromatic heterocycles. The third-order valence-electron chi connectivity index (χ3n) is 3.07. The SMILES string of the molecule is O=C(CNCC1CCC1)Nc1ccc(Br)cc1. The molecule has 0 bridgehead atoms. The van der Waals surface area contributed by atoms with E-state index in [1.54, 1.807) is 0 Å². The van der Waals surface area contributed by atoms with E-state index in [2.05, 4.69) is 26.6 Å². The van der Waals surface area contributed by atoms with E-state index in [-0.39, 0.29) is 5.91 Å². The zero-order valence-corrected chi connectivity index (χ0v) is 11.3. The molecule has 1 fully saturated rings. The number of amides is 1. The maximum atomic E-state index is 11.6. The van der Waals surface area contributed by atoms with Crippen molar-refractivity contribution in [2.45, 2.75) is 19.3 Å². The molecule has 0 spiro atoms. The van der Waals surface area contributed by atoms with Gasteiger partial charge in [0.2, 0.25) is 5.91 Å². The van der Waals surface area contributed by atoms with Gasteiger partial charge in [-0.1, -0.05) is 22.4 Å². The Morgan fingerprint density at radius 3 is 2.59 bits per heavy atom. The molecule has 2 rings (SSSR count). The van der Waals surface area contributed by atoms with E-state index in [0.717, 1.165) is 22.6 Å². The number of hydrogen-bond donors (Lipinski definition) is 2. The number of halogens is 1. The van der Waals surface area contributed by atoms with Crippen LogP contribution in [0.1, 0.15) is 19.3 Å². The highest BCUT2D eigenvalue weighted by Gasteiger charge is 2.16. The highest BCUT2D eigenvalue weighted by atomic mass is 79.9. The quantitative estimate of drug-likeness (QED) is 0.877. The minimum atomic E-state index is 0.0200. The summed E-state index contributed by atoms with van der Waals surface area (Å²) in [5.41, 5.74) is 0.837. The summed E-state index contributed by atoms with van der Waals surface area (Å²) in [6.45, 7) is 1.36. The molecule has 0 atom stereocenters. The minimum absolute atomic E-state index is 0.0200. The van der Waals surface area contributed by atoms with Crippen LogP contribution >= 0.6 is 15.9 Å². The average Bonchev–Trinajstić information content (AvgIpc) is 2.25. The lowest BCUT2D eigenvalue weighted by molar-refractivity contribution is -0.115. The monoisotopic (exact) mass is 296 g/mol. The van der Waals surface area contributed by atoms with Crippen LogP contribution < -0.4 is 10.6 Å². The van der Waals surface area contributed by atoms with Gasteiger partial charge in [-0.25, -0.2) is 0 Å². The zero-order valence-electron chi connectivity index (χ0n) is 9.71. The Balaban J connectivity index is 1.67. The number of rotatable bonds is 5. The number of anilines is 1. The molecule has 2 N–H and O–H groups in total. The highest BCUT2D eigenvalue weighted by Crippen LogP contribution is 2.24. The predicted octanol–water partition coefficient (Wildman–Crippen LogP) is 2.78. The van der Waals surface area contributed by atoms with Crippen molar-refractivity contribution in [3.63, 3.8) is 0 Å². The second kappa shape index (κ2) is 6.17. The maximum absolute atomic E-state index is 11.6. The molecule has 1 saturated carbocycles. The van der Waals surface area contributed by atoms with Gasteiger partial charge in [0.1, 0.15) is 0 Å². The number of carbonyl (C=O) groups excluding carboxylic acids is 1. The molecule has 17 heavy (non-hydrogen) atoms. The van der Waals surface area contributed by atoms with Gasteiger partial charge in [-0.2, -0.15) is 0 Å². The topological polar surface area (TPSA) is 41.1 Å². The minimum Gasteiger partial charge on any atom is -0.325 e. The van der Waals surface area contributed by atoms with Gasteiger partial charge in [0.05, 0.1) is 6.54 Å². The van der Waals surface area contributed by atoms with Gasteiger partial charge in [-0.15, -0.1) is 0 Å². The fraction of sp³-hybridized carbons (Fsp3) is 0.462. The van der Waals surface area contributed by atoms with Crippen LogP contribution in [0.3, 0.4) is 0 Å². The van der Waals surface area contributed by atoms with Crippen molar-refractivity contribution in [3.8, 4) is 0 Å². The first-order valence-electron chi connectivity index (χ1n) is 6.00. The summed E-state index contributed by atoms with van der Waals surface area (Å²) in [5.74, 6) is 0.808. The van der Waals surface area contributed by atoms with Crippen molar-refractivity contribution in [1.82, 2.24) is 5.32 Å². The molecular formula is C13H17BrN2O. The van der Waals surface area contributed by atoms with Crippen molar-refractivity contribution < 1.29 is 4.79 Å². The van der Waals surface area contributed by atoms with Crippen LogP contribution in [-0.2, 0) is 4.79 Å². The van der Waals surface area contributed by atoms with Crippen LogP contribution in [-0.4, -0.2) is 19.0 Å². The molecule has 0 heterocycles. The van der Waals surface area contributed by atoms with Crippen molar-refractivity contribution in [2.24, 2.45) is 5.92 Å². The van der Waals surface area contributed by atoms with E-state index in [0.29, 0.717) is 6.54 Å². The summed E-state index contributed by atoms with van der Waals surface area (Å²) in [6, 6.07) is 7.59. The standard InChI is InChI=1S/C13H17BrN2O/c14-11-4-6-12(7-5-11)16-13(17)9-15-8-10-2-1-3-10/h4-7,10,15H,1-3,8-9H2,(H,16,17). The second-order valence-electron chi connectivity index (χ2n) is 4.48. The first kappa shape index (κ1) is 12.6. The van der Waals surface area contributed by atoms with Gasteiger partial charge in [0.25, 0.3) is 0 Å². The summed E-state index contributed by atoms with van der Waals surface area (Å²) in [4.78, 5) is 11.6. The van der Waals surface area contributed by atoms with Crippen LogP contribution in [0.15, 0.2) is 28.7 Å². The number of benzene rings is 1. The Morgan fingerprint density at radius 1 is 1.29 bits per heavy atom. The lowest BCUT2D eigenvalue weighted by Crippen LogP contribution is -2.33. The number of hydrogen-bond acceptors (Lipinski definition) is 2. The molecule has 1 aliphatic carbocycles. The largest absolute Gasteiger partial charge is 0.325 e. The Bertz CT molecular complexity index is 374. The molecule has 0 unspecified atom stereocenters. The molecule has 92 valence electrons. The van der Waals surface area contributed by atoms with Gasteiger partial charge in [0, 0.05) is 10.2 Å². The Kier molecular flexibility index (Phi) is 4.57. The molecule has 1 aromatic carbocycles. The first-order chi connectivity index (χ1) is 8.24. The number of carbonyl (C=O) groups is 1. The Labute approximate surface area is 110 Å². The Morgan fingerprint density at radius 2 is 2.00 bits per heavy atom. The van der Waals surface area contributed by atoms with Crippen LogP contribution in [0.25, 0.3) is 0 Å². The molecule has 0 aliphatic heterocycles. The molecule has 3 nitrogen and oxygen atoms in total. The third kappa shape index (κ3) is 4.13. The van der Waals surface area contributed by atoms with Gasteiger partial charge in [-0.05, 0) is 49.6 Å². The molecule has 1 aromatic rings. The summed E-state index contributed by atoms with van der Waals surface area (Å²) in [6.07, 6.45) is 3.96. The summed E-state index contributed by atoms with van der Waals surface area (Å²) in [7, 11) is 0. The molecule has 1 amide bonds. The maximum Gasteiger partial charge on any atom is 0.238 e. The van der Waals surface area contributed by atoms with E-state index in [9.17, 15) is 4.79 Å². The molecular weight excluding hydrogens is 280 g/mol. The predicted molar refractivity (Wildman–Crippen MR) is 73.0 cm³/mol. The highest BCUT2D eigenvalue weighted by molar-refractivity contribution is 9.10. The smallest absolute Gasteiger partial charge is 0.238 e. The molecule has 1 aliphatic rings. The lowest BCUT2D eigenvalue weighted by Gasteiger charge is -2.25. The van der Waals surface area contributed by atoms with Crippen molar-refractivity contribution in [2.75, 3.05) is 18.4 Å².